The Morgan fingerprint density at radius 3 is 2.66 bits per heavy atom. The predicted octanol–water partition coefficient (Wildman–Crippen LogP) is 3.63. The summed E-state index contributed by atoms with van der Waals surface area (Å²) < 4.78 is 85.9. The lowest BCUT2D eigenvalue weighted by molar-refractivity contribution is -0.143. The Hall–Kier alpha value is -3.38. The quantitative estimate of drug-likeness (QED) is 0.159. The van der Waals surface area contributed by atoms with Crippen LogP contribution in [0, 0.1) is 5.82 Å². The number of aliphatic imine (C=N–C) groups is 1. The van der Waals surface area contributed by atoms with Crippen LogP contribution in [0.15, 0.2) is 50.2 Å². The average molecular weight is 594 g/mol. The van der Waals surface area contributed by atoms with Crippen molar-refractivity contribution in [2.75, 3.05) is 12.0 Å². The second-order valence-electron chi connectivity index (χ2n) is 7.44. The summed E-state index contributed by atoms with van der Waals surface area (Å²) in [7, 11) is -3.01. The van der Waals surface area contributed by atoms with Crippen LogP contribution in [0.3, 0.4) is 0 Å². The fourth-order valence-electron chi connectivity index (χ4n) is 3.15. The van der Waals surface area contributed by atoms with Gasteiger partial charge in [0.15, 0.2) is 11.5 Å². The van der Waals surface area contributed by atoms with Gasteiger partial charge in [-0.05, 0) is 41.6 Å². The summed E-state index contributed by atoms with van der Waals surface area (Å²) in [6, 6.07) is 7.10. The van der Waals surface area contributed by atoms with E-state index in [1.54, 1.807) is 0 Å². The van der Waals surface area contributed by atoms with E-state index in [1.165, 1.54) is 24.3 Å². The molecular weight excluding hydrogens is 578 g/mol. The van der Waals surface area contributed by atoms with Gasteiger partial charge in [0, 0.05) is 12.7 Å². The highest BCUT2D eigenvalue weighted by atomic mass is 35.5. The van der Waals surface area contributed by atoms with Gasteiger partial charge in [0.2, 0.25) is 10.0 Å². The van der Waals surface area contributed by atoms with Gasteiger partial charge in [-0.1, -0.05) is 16.8 Å². The van der Waals surface area contributed by atoms with Crippen LogP contribution in [0.25, 0.3) is 10.6 Å². The first kappa shape index (κ1) is 27.6. The number of aryl methyl sites for hydroxylation is 1. The van der Waals surface area contributed by atoms with Crippen molar-refractivity contribution in [1.29, 1.82) is 0 Å². The Balaban J connectivity index is 1.51. The van der Waals surface area contributed by atoms with Crippen LogP contribution in [0.2, 0.25) is 5.02 Å². The molecule has 0 bridgehead atoms. The molecule has 0 aliphatic heterocycles. The van der Waals surface area contributed by atoms with Crippen LogP contribution in [0.4, 0.5) is 23.2 Å². The lowest BCUT2D eigenvalue weighted by Crippen LogP contribution is -2.25. The topological polar surface area (TPSA) is 148 Å². The first-order valence-electron chi connectivity index (χ1n) is 10.3. The highest BCUT2D eigenvalue weighted by Crippen LogP contribution is 2.35. The van der Waals surface area contributed by atoms with E-state index in [1.807, 2.05) is 0 Å². The highest BCUT2D eigenvalue weighted by molar-refractivity contribution is 7.91. The average Bonchev–Trinajstić information content (AvgIpc) is 3.59. The lowest BCUT2D eigenvalue weighted by Gasteiger charge is -2.09. The summed E-state index contributed by atoms with van der Waals surface area (Å²) >= 11 is 6.50. The van der Waals surface area contributed by atoms with Crippen LogP contribution in [0.5, 0.6) is 0 Å². The molecule has 0 saturated carbocycles. The minimum Gasteiger partial charge on any atom is -0.374 e. The molecule has 0 aliphatic rings. The molecule has 4 rings (SSSR count). The molecule has 0 unspecified atom stereocenters. The van der Waals surface area contributed by atoms with E-state index in [9.17, 15) is 31.1 Å². The molecule has 3 heterocycles. The van der Waals surface area contributed by atoms with E-state index in [4.69, 9.17) is 16.2 Å². The van der Waals surface area contributed by atoms with Crippen molar-refractivity contribution in [3.8, 4) is 10.6 Å². The predicted molar refractivity (Wildman–Crippen MR) is 129 cm³/mol. The minimum absolute atomic E-state index is 0.0159. The number of anilines is 1. The van der Waals surface area contributed by atoms with Crippen molar-refractivity contribution >= 4 is 44.5 Å². The molecular formula is C20H16ClF4N7O4S2. The Morgan fingerprint density at radius 2 is 2.00 bits per heavy atom. The number of sulfonamides is 1. The second kappa shape index (κ2) is 10.8. The summed E-state index contributed by atoms with van der Waals surface area (Å²) in [5.74, 6) is -0.726. The third-order valence-corrected chi connectivity index (χ3v) is 8.18. The maximum atomic E-state index is 13.5. The Morgan fingerprint density at radius 1 is 1.24 bits per heavy atom. The van der Waals surface area contributed by atoms with Gasteiger partial charge >= 0.3 is 6.18 Å². The molecule has 0 amide bonds. The lowest BCUT2D eigenvalue weighted by atomic mass is 10.2. The summed E-state index contributed by atoms with van der Waals surface area (Å²) in [5, 5.41) is 23.0. The van der Waals surface area contributed by atoms with E-state index < -0.39 is 41.0 Å². The van der Waals surface area contributed by atoms with E-state index in [2.05, 4.69) is 30.4 Å². The van der Waals surface area contributed by atoms with Crippen LogP contribution in [-0.4, -0.2) is 46.2 Å². The molecule has 3 N–H and O–H groups in total. The van der Waals surface area contributed by atoms with Gasteiger partial charge in [-0.25, -0.2) is 27.2 Å². The maximum Gasteiger partial charge on any atom is 0.433 e. The molecule has 18 heteroatoms. The van der Waals surface area contributed by atoms with Gasteiger partial charge in [-0.15, -0.1) is 11.3 Å². The number of thiophene rings is 1. The van der Waals surface area contributed by atoms with Crippen LogP contribution in [-0.2, 0) is 29.8 Å². The molecule has 0 saturated heterocycles. The number of amidine groups is 1. The number of nitrogens with zero attached hydrogens (tertiary/aromatic N) is 5. The van der Waals surface area contributed by atoms with Crippen molar-refractivity contribution in [3.05, 3.63) is 64.3 Å². The molecule has 0 atom stereocenters. The summed E-state index contributed by atoms with van der Waals surface area (Å²) in [6.45, 7) is -1.11. The molecule has 1 aromatic carbocycles. The van der Waals surface area contributed by atoms with E-state index in [-0.39, 0.29) is 42.7 Å². The van der Waals surface area contributed by atoms with E-state index in [0.29, 0.717) is 4.68 Å². The number of halogens is 5. The first-order valence-corrected chi connectivity index (χ1v) is 13.0. The van der Waals surface area contributed by atoms with Crippen LogP contribution < -0.4 is 10.0 Å². The number of rotatable bonds is 8. The van der Waals surface area contributed by atoms with Crippen LogP contribution >= 0.6 is 22.9 Å². The van der Waals surface area contributed by atoms with E-state index >= 15 is 0 Å². The molecule has 202 valence electrons. The first-order chi connectivity index (χ1) is 17.9. The molecule has 0 spiro atoms. The maximum absolute atomic E-state index is 13.5. The zero-order valence-corrected chi connectivity index (χ0v) is 21.4. The third-order valence-electron chi connectivity index (χ3n) is 4.89. The number of benzene rings is 1. The zero-order chi connectivity index (χ0) is 27.7. The minimum atomic E-state index is -4.62. The van der Waals surface area contributed by atoms with Gasteiger partial charge in [0.05, 0.1) is 16.4 Å². The standard InChI is InChI=1S/C20H16ClF4N7O4S2/c1-32-16(20(23,24)25)7-13(29-32)15-4-5-17(37-15)38(34,35)27-8-14-18(31-36-30-14)19(26-9-33)28-10-2-3-12(22)11(21)6-10/h2-7,27,33H,8-9H2,1H3,(H,26,28). The summed E-state index contributed by atoms with van der Waals surface area (Å²) in [4.78, 5) is 4.05. The number of aromatic nitrogens is 4. The smallest absolute Gasteiger partial charge is 0.374 e. The number of hydrogen-bond donors (Lipinski definition) is 3. The van der Waals surface area contributed by atoms with Crippen molar-refractivity contribution < 1.29 is 35.7 Å². The van der Waals surface area contributed by atoms with Gasteiger partial charge in [-0.3, -0.25) is 4.68 Å². The van der Waals surface area contributed by atoms with Crippen molar-refractivity contribution in [1.82, 2.24) is 24.8 Å². The largest absolute Gasteiger partial charge is 0.433 e. The monoisotopic (exact) mass is 593 g/mol. The molecule has 0 aliphatic carbocycles. The Bertz CT molecular complexity index is 1600. The van der Waals surface area contributed by atoms with Gasteiger partial charge in [0.1, 0.15) is 33.8 Å². The van der Waals surface area contributed by atoms with Gasteiger partial charge in [0.25, 0.3) is 0 Å². The molecule has 3 aromatic heterocycles. The van der Waals surface area contributed by atoms with Gasteiger partial charge < -0.3 is 10.4 Å². The number of alkyl halides is 3. The highest BCUT2D eigenvalue weighted by Gasteiger charge is 2.35. The Kier molecular flexibility index (Phi) is 7.84. The van der Waals surface area contributed by atoms with Crippen LogP contribution in [0.1, 0.15) is 17.1 Å². The fourth-order valence-corrected chi connectivity index (χ4v) is 5.62. The molecule has 4 aromatic rings. The number of aliphatic hydroxyl groups excluding tert-OH is 1. The molecule has 11 nitrogen and oxygen atoms in total. The number of aliphatic hydroxyl groups is 1. The second-order valence-corrected chi connectivity index (χ2v) is 10.9. The molecule has 0 radical (unpaired) electrons. The fraction of sp³-hybridized carbons (Fsp3) is 0.200. The summed E-state index contributed by atoms with van der Waals surface area (Å²) in [5.41, 5.74) is -0.801. The summed E-state index contributed by atoms with van der Waals surface area (Å²) in [6.07, 6.45) is -4.62. The molecule has 0 fully saturated rings. The van der Waals surface area contributed by atoms with Gasteiger partial charge in [-0.2, -0.15) is 18.3 Å². The normalized spacial score (nSPS) is 12.8. The van der Waals surface area contributed by atoms with E-state index in [0.717, 1.165) is 30.5 Å². The SMILES string of the molecule is Cn1nc(-c2ccc(S(=O)(=O)NCc3nonc3C(=NCO)Nc3ccc(F)c(Cl)c3)s2)cc1C(F)(F)F. The molecule has 38 heavy (non-hydrogen) atoms. The zero-order valence-electron chi connectivity index (χ0n) is 19.0. The van der Waals surface area contributed by atoms with Crippen molar-refractivity contribution in [2.45, 2.75) is 16.9 Å². The number of nitrogens with one attached hydrogen (secondary N) is 2. The third kappa shape index (κ3) is 6.02. The Labute approximate surface area is 220 Å². The number of hydrogen-bond acceptors (Lipinski definition) is 9. The van der Waals surface area contributed by atoms with Crippen molar-refractivity contribution in [2.24, 2.45) is 12.0 Å². The van der Waals surface area contributed by atoms with Crippen molar-refractivity contribution in [3.63, 3.8) is 0 Å².